The molecule has 0 aromatic rings. The maximum atomic E-state index is 9.56. The van der Waals surface area contributed by atoms with E-state index in [-0.39, 0.29) is 0 Å². The van der Waals surface area contributed by atoms with Gasteiger partial charge in [0.25, 0.3) is 0 Å². The zero-order valence-electron chi connectivity index (χ0n) is 14.1. The normalized spacial score (nSPS) is 31.2. The lowest BCUT2D eigenvalue weighted by molar-refractivity contribution is -0.103. The number of hydrogen-bond donors (Lipinski definition) is 1. The van der Waals surface area contributed by atoms with Gasteiger partial charge in [-0.3, -0.25) is 10.2 Å². The third-order valence-electron chi connectivity index (χ3n) is 4.90. The lowest BCUT2D eigenvalue weighted by Gasteiger charge is -2.47. The molecule has 1 aliphatic carbocycles. The zero-order valence-corrected chi connectivity index (χ0v) is 14.1. The third kappa shape index (κ3) is 4.18. The van der Waals surface area contributed by atoms with Crippen molar-refractivity contribution in [1.82, 2.24) is 10.2 Å². The van der Waals surface area contributed by atoms with E-state index in [4.69, 9.17) is 4.74 Å². The average Bonchev–Trinajstić information content (AvgIpc) is 2.45. The van der Waals surface area contributed by atoms with Gasteiger partial charge in [0.05, 0.1) is 18.8 Å². The van der Waals surface area contributed by atoms with E-state index in [9.17, 15) is 5.26 Å². The van der Waals surface area contributed by atoms with Crippen LogP contribution in [0, 0.1) is 11.3 Å². The highest BCUT2D eigenvalue weighted by Crippen LogP contribution is 2.31. The molecule has 1 heterocycles. The summed E-state index contributed by atoms with van der Waals surface area (Å²) in [5, 5.41) is 13.0. The zero-order chi connectivity index (χ0) is 15.5. The summed E-state index contributed by atoms with van der Waals surface area (Å²) < 4.78 is 5.96. The molecule has 0 amide bonds. The average molecular weight is 293 g/mol. The van der Waals surface area contributed by atoms with Crippen molar-refractivity contribution >= 4 is 0 Å². The van der Waals surface area contributed by atoms with Crippen LogP contribution < -0.4 is 5.32 Å². The number of fused-ring (bicyclic) bond motifs is 1. The molecular weight excluding hydrogens is 262 g/mol. The van der Waals surface area contributed by atoms with Crippen LogP contribution in [0.25, 0.3) is 0 Å². The molecule has 1 saturated heterocycles. The van der Waals surface area contributed by atoms with Crippen LogP contribution >= 0.6 is 0 Å². The topological polar surface area (TPSA) is 48.3 Å². The molecule has 0 bridgehead atoms. The van der Waals surface area contributed by atoms with Crippen LogP contribution in [0.5, 0.6) is 0 Å². The summed E-state index contributed by atoms with van der Waals surface area (Å²) in [5.41, 5.74) is -0.448. The first kappa shape index (κ1) is 16.7. The minimum absolute atomic E-state index is 0.328. The fraction of sp³-hybridized carbons (Fsp3) is 0.941. The van der Waals surface area contributed by atoms with E-state index in [0.717, 1.165) is 19.6 Å². The van der Waals surface area contributed by atoms with Crippen molar-refractivity contribution in [3.05, 3.63) is 0 Å². The molecule has 4 nitrogen and oxygen atoms in total. The standard InChI is InChI=1S/C17H31N3O/c1-13(2)19-17(4,12-18)11-14(3)20-9-10-21-16-8-6-5-7-15(16)20/h13-16,19H,5-11H2,1-4H3. The Balaban J connectivity index is 2.01. The fourth-order valence-electron chi connectivity index (χ4n) is 4.16. The van der Waals surface area contributed by atoms with E-state index in [1.807, 2.05) is 6.92 Å². The predicted octanol–water partition coefficient (Wildman–Crippen LogP) is 2.69. The number of nitriles is 1. The second-order valence-electron chi connectivity index (χ2n) is 7.29. The Morgan fingerprint density at radius 3 is 2.71 bits per heavy atom. The first-order chi connectivity index (χ1) is 9.95. The smallest absolute Gasteiger partial charge is 0.105 e. The van der Waals surface area contributed by atoms with Crippen molar-refractivity contribution in [2.75, 3.05) is 13.2 Å². The molecule has 2 aliphatic rings. The van der Waals surface area contributed by atoms with E-state index >= 15 is 0 Å². The first-order valence-electron chi connectivity index (χ1n) is 8.51. The molecule has 4 atom stereocenters. The highest BCUT2D eigenvalue weighted by Gasteiger charge is 2.38. The monoisotopic (exact) mass is 293 g/mol. The summed E-state index contributed by atoms with van der Waals surface area (Å²) in [5.74, 6) is 0. The van der Waals surface area contributed by atoms with Crippen LogP contribution in [0.1, 0.15) is 59.8 Å². The van der Waals surface area contributed by atoms with Gasteiger partial charge in [-0.25, -0.2) is 0 Å². The maximum absolute atomic E-state index is 9.56. The van der Waals surface area contributed by atoms with Crippen molar-refractivity contribution in [3.8, 4) is 6.07 Å². The molecule has 21 heavy (non-hydrogen) atoms. The lowest BCUT2D eigenvalue weighted by Crippen LogP contribution is -2.58. The van der Waals surface area contributed by atoms with E-state index in [0.29, 0.717) is 24.2 Å². The van der Waals surface area contributed by atoms with E-state index < -0.39 is 5.54 Å². The molecule has 4 unspecified atom stereocenters. The van der Waals surface area contributed by atoms with Crippen LogP contribution in [-0.4, -0.2) is 47.8 Å². The Labute approximate surface area is 129 Å². The van der Waals surface area contributed by atoms with Crippen molar-refractivity contribution in [1.29, 1.82) is 5.26 Å². The molecular formula is C17H31N3O. The molecule has 1 N–H and O–H groups in total. The summed E-state index contributed by atoms with van der Waals surface area (Å²) in [6.45, 7) is 10.4. The number of morpholine rings is 1. The molecule has 2 rings (SSSR count). The Hall–Kier alpha value is -0.630. The fourth-order valence-corrected chi connectivity index (χ4v) is 4.16. The highest BCUT2D eigenvalue weighted by molar-refractivity contribution is 5.07. The first-order valence-corrected chi connectivity index (χ1v) is 8.51. The van der Waals surface area contributed by atoms with Crippen molar-refractivity contribution < 1.29 is 4.74 Å². The van der Waals surface area contributed by atoms with Crippen LogP contribution in [0.3, 0.4) is 0 Å². The van der Waals surface area contributed by atoms with Crippen LogP contribution in [0.4, 0.5) is 0 Å². The van der Waals surface area contributed by atoms with E-state index in [2.05, 4.69) is 37.1 Å². The number of nitrogens with one attached hydrogen (secondary N) is 1. The molecule has 1 saturated carbocycles. The quantitative estimate of drug-likeness (QED) is 0.846. The lowest BCUT2D eigenvalue weighted by atomic mass is 9.87. The molecule has 0 aromatic carbocycles. The Morgan fingerprint density at radius 2 is 2.05 bits per heavy atom. The molecule has 1 aliphatic heterocycles. The minimum atomic E-state index is -0.448. The number of rotatable bonds is 5. The molecule has 2 fully saturated rings. The van der Waals surface area contributed by atoms with E-state index in [1.54, 1.807) is 0 Å². The Bertz CT molecular complexity index is 377. The minimum Gasteiger partial charge on any atom is -0.375 e. The van der Waals surface area contributed by atoms with Gasteiger partial charge in [-0.2, -0.15) is 5.26 Å². The third-order valence-corrected chi connectivity index (χ3v) is 4.90. The van der Waals surface area contributed by atoms with Gasteiger partial charge in [-0.1, -0.05) is 12.8 Å². The second-order valence-corrected chi connectivity index (χ2v) is 7.29. The number of hydrogen-bond acceptors (Lipinski definition) is 4. The van der Waals surface area contributed by atoms with Gasteiger partial charge < -0.3 is 4.74 Å². The molecule has 4 heteroatoms. The molecule has 0 radical (unpaired) electrons. The Kier molecular flexibility index (Phi) is 5.65. The summed E-state index contributed by atoms with van der Waals surface area (Å²) in [7, 11) is 0. The van der Waals surface area contributed by atoms with Gasteiger partial charge in [0, 0.05) is 24.7 Å². The highest BCUT2D eigenvalue weighted by atomic mass is 16.5. The van der Waals surface area contributed by atoms with E-state index in [1.165, 1.54) is 25.7 Å². The van der Waals surface area contributed by atoms with Crippen LogP contribution in [0.2, 0.25) is 0 Å². The van der Waals surface area contributed by atoms with Crippen LogP contribution in [0.15, 0.2) is 0 Å². The maximum Gasteiger partial charge on any atom is 0.105 e. The number of nitrogens with zero attached hydrogens (tertiary/aromatic N) is 2. The summed E-state index contributed by atoms with van der Waals surface area (Å²) in [4.78, 5) is 2.60. The van der Waals surface area contributed by atoms with Gasteiger partial charge in [-0.15, -0.1) is 0 Å². The summed E-state index contributed by atoms with van der Waals surface area (Å²) in [6.07, 6.45) is 6.34. The molecule has 0 aromatic heterocycles. The van der Waals surface area contributed by atoms with Crippen molar-refractivity contribution in [3.63, 3.8) is 0 Å². The molecule has 120 valence electrons. The summed E-state index contributed by atoms with van der Waals surface area (Å²) >= 11 is 0. The summed E-state index contributed by atoms with van der Waals surface area (Å²) in [6, 6.07) is 3.78. The SMILES string of the molecule is CC(C)NC(C)(C#N)CC(C)N1CCOC2CCCCC21. The van der Waals surface area contributed by atoms with Gasteiger partial charge in [-0.05, 0) is 47.0 Å². The van der Waals surface area contributed by atoms with Gasteiger partial charge >= 0.3 is 0 Å². The van der Waals surface area contributed by atoms with Crippen molar-refractivity contribution in [2.24, 2.45) is 0 Å². The molecule has 0 spiro atoms. The van der Waals surface area contributed by atoms with Gasteiger partial charge in [0.15, 0.2) is 0 Å². The van der Waals surface area contributed by atoms with Gasteiger partial charge in [0.2, 0.25) is 0 Å². The number of ether oxygens (including phenoxy) is 1. The van der Waals surface area contributed by atoms with Crippen molar-refractivity contribution in [2.45, 2.75) is 89.6 Å². The second kappa shape index (κ2) is 7.09. The van der Waals surface area contributed by atoms with Gasteiger partial charge in [0.1, 0.15) is 5.54 Å². The van der Waals surface area contributed by atoms with Crippen LogP contribution in [-0.2, 0) is 4.74 Å². The predicted molar refractivity (Wildman–Crippen MR) is 85.1 cm³/mol. The Morgan fingerprint density at radius 1 is 1.33 bits per heavy atom. The largest absolute Gasteiger partial charge is 0.375 e.